The van der Waals surface area contributed by atoms with Gasteiger partial charge in [0, 0.05) is 24.3 Å². The SMILES string of the molecule is COC(=O)C(C(=O)C(C)C)C(c1ccc(F)cc1)C1CCCN=C1OC. The minimum Gasteiger partial charge on any atom is -0.484 e. The molecule has 0 amide bonds. The molecule has 1 aromatic rings. The predicted octanol–water partition coefficient (Wildman–Crippen LogP) is 3.38. The van der Waals surface area contributed by atoms with Crippen LogP contribution in [-0.4, -0.2) is 38.4 Å². The number of ketones is 1. The molecule has 0 saturated heterocycles. The van der Waals surface area contributed by atoms with Gasteiger partial charge in [0.15, 0.2) is 5.90 Å². The van der Waals surface area contributed by atoms with E-state index in [0.717, 1.165) is 12.8 Å². The number of carbonyl (C=O) groups is 2. The number of benzene rings is 1. The van der Waals surface area contributed by atoms with Gasteiger partial charge in [-0.05, 0) is 30.5 Å². The summed E-state index contributed by atoms with van der Waals surface area (Å²) in [5, 5.41) is 0. The van der Waals surface area contributed by atoms with Crippen LogP contribution in [0.4, 0.5) is 4.39 Å². The maximum absolute atomic E-state index is 13.4. The third-order valence-corrected chi connectivity index (χ3v) is 4.85. The van der Waals surface area contributed by atoms with Crippen LogP contribution in [-0.2, 0) is 19.1 Å². The largest absolute Gasteiger partial charge is 0.484 e. The van der Waals surface area contributed by atoms with Crippen LogP contribution >= 0.6 is 0 Å². The molecule has 0 saturated carbocycles. The lowest BCUT2D eigenvalue weighted by Crippen LogP contribution is -2.40. The van der Waals surface area contributed by atoms with Gasteiger partial charge in [-0.2, -0.15) is 0 Å². The van der Waals surface area contributed by atoms with E-state index in [1.807, 2.05) is 0 Å². The second kappa shape index (κ2) is 8.92. The molecule has 0 bridgehead atoms. The van der Waals surface area contributed by atoms with Gasteiger partial charge in [-0.1, -0.05) is 26.0 Å². The molecular formula is C20H26FNO4. The highest BCUT2D eigenvalue weighted by Gasteiger charge is 2.44. The Labute approximate surface area is 153 Å². The number of aliphatic imine (C=N–C) groups is 1. The Balaban J connectivity index is 2.58. The number of hydrogen-bond acceptors (Lipinski definition) is 5. The van der Waals surface area contributed by atoms with Crippen LogP contribution in [0.5, 0.6) is 0 Å². The minimum atomic E-state index is -0.992. The molecule has 6 heteroatoms. The van der Waals surface area contributed by atoms with Crippen molar-refractivity contribution in [1.82, 2.24) is 0 Å². The summed E-state index contributed by atoms with van der Waals surface area (Å²) in [7, 11) is 2.81. The van der Waals surface area contributed by atoms with Crippen LogP contribution in [0.2, 0.25) is 0 Å². The fraction of sp³-hybridized carbons (Fsp3) is 0.550. The van der Waals surface area contributed by atoms with Crippen LogP contribution in [0.1, 0.15) is 38.2 Å². The van der Waals surface area contributed by atoms with Crippen molar-refractivity contribution >= 4 is 17.7 Å². The van der Waals surface area contributed by atoms with Crippen LogP contribution in [0, 0.1) is 23.6 Å². The molecule has 2 rings (SSSR count). The van der Waals surface area contributed by atoms with Gasteiger partial charge in [-0.25, -0.2) is 4.39 Å². The molecule has 26 heavy (non-hydrogen) atoms. The summed E-state index contributed by atoms with van der Waals surface area (Å²) in [6.07, 6.45) is 1.56. The van der Waals surface area contributed by atoms with Crippen LogP contribution in [0.3, 0.4) is 0 Å². The van der Waals surface area contributed by atoms with E-state index in [1.165, 1.54) is 26.4 Å². The Bertz CT molecular complexity index is 669. The molecule has 1 aliphatic rings. The molecule has 0 radical (unpaired) electrons. The van der Waals surface area contributed by atoms with E-state index >= 15 is 0 Å². The summed E-state index contributed by atoms with van der Waals surface area (Å²) in [5.41, 5.74) is 0.701. The first kappa shape index (κ1) is 20.1. The molecular weight excluding hydrogens is 337 g/mol. The van der Waals surface area contributed by atoms with E-state index in [1.54, 1.807) is 26.0 Å². The van der Waals surface area contributed by atoms with Crippen LogP contribution in [0.25, 0.3) is 0 Å². The zero-order chi connectivity index (χ0) is 19.3. The van der Waals surface area contributed by atoms with Crippen molar-refractivity contribution in [2.24, 2.45) is 22.7 Å². The summed E-state index contributed by atoms with van der Waals surface area (Å²) in [6.45, 7) is 4.16. The average Bonchev–Trinajstić information content (AvgIpc) is 2.65. The second-order valence-corrected chi connectivity index (χ2v) is 6.81. The molecule has 0 N–H and O–H groups in total. The van der Waals surface area contributed by atoms with Crippen LogP contribution < -0.4 is 0 Å². The van der Waals surface area contributed by atoms with E-state index in [-0.39, 0.29) is 23.4 Å². The molecule has 1 aromatic carbocycles. The smallest absolute Gasteiger partial charge is 0.316 e. The molecule has 0 fully saturated rings. The molecule has 5 nitrogen and oxygen atoms in total. The summed E-state index contributed by atoms with van der Waals surface area (Å²) < 4.78 is 23.8. The van der Waals surface area contributed by atoms with Gasteiger partial charge in [0.1, 0.15) is 17.5 Å². The van der Waals surface area contributed by atoms with Crippen molar-refractivity contribution in [2.45, 2.75) is 32.6 Å². The van der Waals surface area contributed by atoms with E-state index in [4.69, 9.17) is 9.47 Å². The number of nitrogens with zero attached hydrogens (tertiary/aromatic N) is 1. The molecule has 1 heterocycles. The second-order valence-electron chi connectivity index (χ2n) is 6.81. The summed E-state index contributed by atoms with van der Waals surface area (Å²) in [5.74, 6) is -2.73. The highest BCUT2D eigenvalue weighted by molar-refractivity contribution is 6.01. The van der Waals surface area contributed by atoms with E-state index in [2.05, 4.69) is 4.99 Å². The zero-order valence-corrected chi connectivity index (χ0v) is 15.7. The topological polar surface area (TPSA) is 65.0 Å². The summed E-state index contributed by atoms with van der Waals surface area (Å²) in [4.78, 5) is 29.9. The Morgan fingerprint density at radius 1 is 1.19 bits per heavy atom. The molecule has 1 aliphatic heterocycles. The lowest BCUT2D eigenvalue weighted by molar-refractivity contribution is -0.151. The van der Waals surface area contributed by atoms with Crippen molar-refractivity contribution in [3.63, 3.8) is 0 Å². The number of carbonyl (C=O) groups excluding carboxylic acids is 2. The lowest BCUT2D eigenvalue weighted by atomic mass is 9.71. The number of rotatable bonds is 6. The number of esters is 1. The van der Waals surface area contributed by atoms with Crippen molar-refractivity contribution in [1.29, 1.82) is 0 Å². The molecule has 0 spiro atoms. The molecule has 3 atom stereocenters. The Kier molecular flexibility index (Phi) is 6.89. The van der Waals surface area contributed by atoms with Gasteiger partial charge in [-0.15, -0.1) is 0 Å². The van der Waals surface area contributed by atoms with Crippen molar-refractivity contribution in [3.8, 4) is 0 Å². The molecule has 3 unspecified atom stereocenters. The van der Waals surface area contributed by atoms with Gasteiger partial charge in [0.25, 0.3) is 0 Å². The average molecular weight is 363 g/mol. The van der Waals surface area contributed by atoms with Gasteiger partial charge >= 0.3 is 5.97 Å². The fourth-order valence-electron chi connectivity index (χ4n) is 3.56. The van der Waals surface area contributed by atoms with Crippen LogP contribution in [0.15, 0.2) is 29.3 Å². The molecule has 142 valence electrons. The lowest BCUT2D eigenvalue weighted by Gasteiger charge is -2.34. The van der Waals surface area contributed by atoms with Crippen molar-refractivity contribution in [2.75, 3.05) is 20.8 Å². The third kappa shape index (κ3) is 4.29. The zero-order valence-electron chi connectivity index (χ0n) is 15.7. The first-order valence-corrected chi connectivity index (χ1v) is 8.86. The monoisotopic (exact) mass is 363 g/mol. The number of hydrogen-bond donors (Lipinski definition) is 0. The summed E-state index contributed by atoms with van der Waals surface area (Å²) in [6, 6.07) is 5.91. The maximum Gasteiger partial charge on any atom is 0.316 e. The predicted molar refractivity (Wildman–Crippen MR) is 96.5 cm³/mol. The van der Waals surface area contributed by atoms with E-state index in [0.29, 0.717) is 18.0 Å². The standard InChI is InChI=1S/C20H26FNO4/c1-12(2)18(23)17(20(24)26-4)16(13-7-9-14(21)10-8-13)15-6-5-11-22-19(15)25-3/h7-10,12,15-17H,5-6,11H2,1-4H3. The minimum absolute atomic E-state index is 0.202. The van der Waals surface area contributed by atoms with Crippen molar-refractivity contribution < 1.29 is 23.5 Å². The quantitative estimate of drug-likeness (QED) is 0.574. The Morgan fingerprint density at radius 3 is 2.38 bits per heavy atom. The van der Waals surface area contributed by atoms with E-state index in [9.17, 15) is 14.0 Å². The van der Waals surface area contributed by atoms with E-state index < -0.39 is 17.8 Å². The highest BCUT2D eigenvalue weighted by atomic mass is 19.1. The Morgan fingerprint density at radius 2 is 1.85 bits per heavy atom. The van der Waals surface area contributed by atoms with Gasteiger partial charge in [0.2, 0.25) is 0 Å². The Hall–Kier alpha value is -2.24. The molecule has 0 aliphatic carbocycles. The fourth-order valence-corrected chi connectivity index (χ4v) is 3.56. The maximum atomic E-state index is 13.4. The first-order valence-electron chi connectivity index (χ1n) is 8.86. The third-order valence-electron chi connectivity index (χ3n) is 4.85. The highest BCUT2D eigenvalue weighted by Crippen LogP contribution is 2.39. The summed E-state index contributed by atoms with van der Waals surface area (Å²) >= 11 is 0. The molecule has 0 aromatic heterocycles. The number of methoxy groups -OCH3 is 2. The number of halogens is 1. The number of ether oxygens (including phenoxy) is 2. The normalized spacial score (nSPS) is 19.5. The van der Waals surface area contributed by atoms with Gasteiger partial charge < -0.3 is 9.47 Å². The van der Waals surface area contributed by atoms with Crippen molar-refractivity contribution in [3.05, 3.63) is 35.6 Å². The number of Topliss-reactive ketones (excluding diaryl/α,β-unsaturated/α-hetero) is 1. The van der Waals surface area contributed by atoms with Gasteiger partial charge in [0.05, 0.1) is 14.2 Å². The van der Waals surface area contributed by atoms with Gasteiger partial charge in [-0.3, -0.25) is 14.6 Å². The first-order chi connectivity index (χ1) is 12.4.